The number of nitrogens with one attached hydrogen (secondary N) is 2. The number of anilines is 1. The molecule has 0 bridgehead atoms. The van der Waals surface area contributed by atoms with Gasteiger partial charge >= 0.3 is 0 Å². The van der Waals surface area contributed by atoms with Gasteiger partial charge in [-0.05, 0) is 50.6 Å². The minimum atomic E-state index is -3.31. The van der Waals surface area contributed by atoms with Gasteiger partial charge in [-0.15, -0.1) is 0 Å². The molecule has 140 valence electrons. The maximum atomic E-state index is 12.0. The predicted octanol–water partition coefficient (Wildman–Crippen LogP) is 3.16. The minimum Gasteiger partial charge on any atom is -0.439 e. The Morgan fingerprint density at radius 2 is 1.85 bits per heavy atom. The Morgan fingerprint density at radius 1 is 1.15 bits per heavy atom. The number of carbonyl (C=O) groups excluding carboxylic acids is 1. The van der Waals surface area contributed by atoms with Gasteiger partial charge in [-0.25, -0.2) is 13.4 Å². The van der Waals surface area contributed by atoms with Crippen LogP contribution in [-0.4, -0.2) is 31.1 Å². The second-order valence-corrected chi connectivity index (χ2v) is 7.81. The molecular weight excluding hydrogens is 354 g/mol. The summed E-state index contributed by atoms with van der Waals surface area (Å²) >= 11 is 0. The Balaban J connectivity index is 1.99. The van der Waals surface area contributed by atoms with Crippen LogP contribution in [0.5, 0.6) is 11.6 Å². The highest BCUT2D eigenvalue weighted by Crippen LogP contribution is 2.22. The molecule has 7 nitrogen and oxygen atoms in total. The van der Waals surface area contributed by atoms with E-state index in [1.165, 1.54) is 6.20 Å². The van der Waals surface area contributed by atoms with Crippen molar-refractivity contribution in [1.82, 2.24) is 10.3 Å². The number of sulfonamides is 1. The summed E-state index contributed by atoms with van der Waals surface area (Å²) in [7, 11) is -3.31. The lowest BCUT2D eigenvalue weighted by molar-refractivity contribution is 0.0939. The minimum absolute atomic E-state index is 0.00608. The summed E-state index contributed by atoms with van der Waals surface area (Å²) in [6.07, 6.45) is 2.31. The third kappa shape index (κ3) is 5.73. The molecule has 0 aliphatic heterocycles. The maximum Gasteiger partial charge on any atom is 0.253 e. The van der Waals surface area contributed by atoms with E-state index in [4.69, 9.17) is 4.74 Å². The lowest BCUT2D eigenvalue weighted by atomic mass is 10.2. The molecule has 1 aromatic heterocycles. The number of nitrogens with zero attached hydrogens (tertiary/aromatic N) is 1. The highest BCUT2D eigenvalue weighted by Gasteiger charge is 2.10. The number of benzene rings is 1. The van der Waals surface area contributed by atoms with Gasteiger partial charge in [0.05, 0.1) is 11.3 Å². The molecule has 2 aromatic rings. The number of amides is 1. The third-order valence-electron chi connectivity index (χ3n) is 3.72. The van der Waals surface area contributed by atoms with Crippen LogP contribution in [0.4, 0.5) is 5.69 Å². The van der Waals surface area contributed by atoms with Gasteiger partial charge < -0.3 is 10.1 Å². The molecule has 1 heterocycles. The van der Waals surface area contributed by atoms with Gasteiger partial charge in [-0.2, -0.15) is 0 Å². The summed E-state index contributed by atoms with van der Waals surface area (Å²) in [6.45, 7) is 5.50. The number of rotatable bonds is 8. The Labute approximate surface area is 153 Å². The lowest BCUT2D eigenvalue weighted by Crippen LogP contribution is -2.31. The largest absolute Gasteiger partial charge is 0.439 e. The molecule has 0 aliphatic rings. The van der Waals surface area contributed by atoms with Gasteiger partial charge in [0, 0.05) is 24.0 Å². The van der Waals surface area contributed by atoms with Gasteiger partial charge in [-0.3, -0.25) is 9.52 Å². The van der Waals surface area contributed by atoms with Crippen LogP contribution in [0.25, 0.3) is 0 Å². The summed E-state index contributed by atoms with van der Waals surface area (Å²) in [5.41, 5.74) is 0.922. The van der Waals surface area contributed by atoms with Crippen molar-refractivity contribution in [3.8, 4) is 11.6 Å². The fraction of sp³-hybridized carbons (Fsp3) is 0.333. The van der Waals surface area contributed by atoms with Gasteiger partial charge in [0.25, 0.3) is 5.91 Å². The van der Waals surface area contributed by atoms with E-state index in [0.717, 1.165) is 6.42 Å². The fourth-order valence-corrected chi connectivity index (χ4v) is 2.59. The molecule has 8 heteroatoms. The van der Waals surface area contributed by atoms with Gasteiger partial charge in [0.1, 0.15) is 5.75 Å². The molecule has 0 saturated heterocycles. The zero-order chi connectivity index (χ0) is 19.2. The van der Waals surface area contributed by atoms with Crippen molar-refractivity contribution in [3.05, 3.63) is 48.2 Å². The van der Waals surface area contributed by atoms with Gasteiger partial charge in [-0.1, -0.05) is 6.92 Å². The highest BCUT2D eigenvalue weighted by atomic mass is 32.2. The average Bonchev–Trinajstić information content (AvgIpc) is 2.63. The SMILES string of the molecule is CC[C@@H](C)NC(=O)c1ccc(Oc2ccc(NS(=O)(=O)CC)cc2)nc1. The Hall–Kier alpha value is -2.61. The van der Waals surface area contributed by atoms with Crippen LogP contribution >= 0.6 is 0 Å². The summed E-state index contributed by atoms with van der Waals surface area (Å²) in [4.78, 5) is 16.1. The van der Waals surface area contributed by atoms with E-state index < -0.39 is 10.0 Å². The maximum absolute atomic E-state index is 12.0. The van der Waals surface area contributed by atoms with E-state index in [1.54, 1.807) is 43.3 Å². The van der Waals surface area contributed by atoms with Crippen molar-refractivity contribution in [2.75, 3.05) is 10.5 Å². The molecule has 2 rings (SSSR count). The van der Waals surface area contributed by atoms with E-state index in [9.17, 15) is 13.2 Å². The second-order valence-electron chi connectivity index (χ2n) is 5.80. The van der Waals surface area contributed by atoms with Crippen LogP contribution in [-0.2, 0) is 10.0 Å². The molecule has 1 atom stereocenters. The first-order chi connectivity index (χ1) is 12.3. The van der Waals surface area contributed by atoms with E-state index in [-0.39, 0.29) is 17.7 Å². The van der Waals surface area contributed by atoms with Crippen molar-refractivity contribution >= 4 is 21.6 Å². The monoisotopic (exact) mass is 377 g/mol. The van der Waals surface area contributed by atoms with E-state index >= 15 is 0 Å². The van der Waals surface area contributed by atoms with Crippen LogP contribution in [0, 0.1) is 0 Å². The summed E-state index contributed by atoms with van der Waals surface area (Å²) < 4.78 is 31.1. The van der Waals surface area contributed by atoms with Crippen LogP contribution < -0.4 is 14.8 Å². The number of carbonyl (C=O) groups is 1. The first kappa shape index (κ1) is 19.7. The number of aromatic nitrogens is 1. The molecule has 0 radical (unpaired) electrons. The molecule has 0 aliphatic carbocycles. The topological polar surface area (TPSA) is 97.4 Å². The van der Waals surface area contributed by atoms with Gasteiger partial charge in [0.15, 0.2) is 0 Å². The van der Waals surface area contributed by atoms with Crippen LogP contribution in [0.1, 0.15) is 37.6 Å². The van der Waals surface area contributed by atoms with Crippen molar-refractivity contribution < 1.29 is 17.9 Å². The number of hydrogen-bond acceptors (Lipinski definition) is 5. The average molecular weight is 377 g/mol. The second kappa shape index (κ2) is 8.66. The highest BCUT2D eigenvalue weighted by molar-refractivity contribution is 7.92. The Bertz CT molecular complexity index is 834. The van der Waals surface area contributed by atoms with Crippen molar-refractivity contribution in [3.63, 3.8) is 0 Å². The quantitative estimate of drug-likeness (QED) is 0.736. The summed E-state index contributed by atoms with van der Waals surface area (Å²) in [5.74, 6) is 0.679. The molecule has 1 amide bonds. The molecular formula is C18H23N3O4S. The summed E-state index contributed by atoms with van der Waals surface area (Å²) in [6, 6.07) is 9.84. The van der Waals surface area contributed by atoms with E-state index in [1.807, 2.05) is 13.8 Å². The first-order valence-electron chi connectivity index (χ1n) is 8.38. The molecule has 0 fully saturated rings. The zero-order valence-corrected chi connectivity index (χ0v) is 15.8. The molecule has 0 spiro atoms. The van der Waals surface area contributed by atoms with Gasteiger partial charge in [0.2, 0.25) is 15.9 Å². The Kier molecular flexibility index (Phi) is 6.57. The fourth-order valence-electron chi connectivity index (χ4n) is 1.95. The van der Waals surface area contributed by atoms with Crippen molar-refractivity contribution in [1.29, 1.82) is 0 Å². The first-order valence-corrected chi connectivity index (χ1v) is 10.0. The predicted molar refractivity (Wildman–Crippen MR) is 101 cm³/mol. The van der Waals surface area contributed by atoms with Crippen molar-refractivity contribution in [2.24, 2.45) is 0 Å². The van der Waals surface area contributed by atoms with Crippen LogP contribution in [0.2, 0.25) is 0 Å². The molecule has 0 saturated carbocycles. The smallest absolute Gasteiger partial charge is 0.253 e. The molecule has 26 heavy (non-hydrogen) atoms. The van der Waals surface area contributed by atoms with E-state index in [2.05, 4.69) is 15.0 Å². The Morgan fingerprint density at radius 3 is 2.38 bits per heavy atom. The number of hydrogen-bond donors (Lipinski definition) is 2. The van der Waals surface area contributed by atoms with E-state index in [0.29, 0.717) is 22.9 Å². The normalized spacial score (nSPS) is 12.3. The number of pyridine rings is 1. The molecule has 1 aromatic carbocycles. The van der Waals surface area contributed by atoms with Crippen LogP contribution in [0.3, 0.4) is 0 Å². The van der Waals surface area contributed by atoms with Crippen LogP contribution in [0.15, 0.2) is 42.6 Å². The summed E-state index contributed by atoms with van der Waals surface area (Å²) in [5, 5.41) is 2.87. The number of ether oxygens (including phenoxy) is 1. The lowest BCUT2D eigenvalue weighted by Gasteiger charge is -2.11. The standard InChI is InChI=1S/C18H23N3O4S/c1-4-13(3)20-18(22)14-6-11-17(19-12-14)25-16-9-7-15(8-10-16)21-26(23,24)5-2/h6-13,21H,4-5H2,1-3H3,(H,20,22)/t13-/m1/s1. The van der Waals surface area contributed by atoms with Crippen molar-refractivity contribution in [2.45, 2.75) is 33.2 Å². The third-order valence-corrected chi connectivity index (χ3v) is 5.03. The molecule has 0 unspecified atom stereocenters. The molecule has 2 N–H and O–H groups in total. The zero-order valence-electron chi connectivity index (χ0n) is 15.0.